The van der Waals surface area contributed by atoms with Crippen LogP contribution < -0.4 is 5.73 Å². The Kier molecular flexibility index (Phi) is 19.6. The number of hydrogen-bond donors (Lipinski definition) is 1. The quantitative estimate of drug-likeness (QED) is 0.534. The third-order valence-corrected chi connectivity index (χ3v) is 1.68. The van der Waals surface area contributed by atoms with Gasteiger partial charge in [-0.3, -0.25) is 0 Å². The van der Waals surface area contributed by atoms with Crippen molar-refractivity contribution in [2.75, 3.05) is 6.54 Å². The molecule has 0 saturated heterocycles. The lowest BCUT2D eigenvalue weighted by atomic mass is 9.96. The molecule has 0 aliphatic carbocycles. The van der Waals surface area contributed by atoms with Crippen molar-refractivity contribution < 1.29 is 0 Å². The first-order valence-corrected chi connectivity index (χ1v) is 6.73. The maximum Gasteiger partial charge on any atom is 0.0177 e. The summed E-state index contributed by atoms with van der Waals surface area (Å²) in [5.41, 5.74) is 6.67. The molecule has 0 radical (unpaired) electrons. The van der Waals surface area contributed by atoms with E-state index in [1.54, 1.807) is 12.2 Å². The number of nitrogens with two attached hydrogens (primary N) is 1. The first-order valence-electron chi connectivity index (χ1n) is 6.73. The summed E-state index contributed by atoms with van der Waals surface area (Å²) in [6, 6.07) is 0. The van der Waals surface area contributed by atoms with Gasteiger partial charge in [-0.15, -0.1) is 0 Å². The normalized spacial score (nSPS) is 10.9. The topological polar surface area (TPSA) is 26.0 Å². The van der Waals surface area contributed by atoms with Crippen LogP contribution in [0.5, 0.6) is 0 Å². The summed E-state index contributed by atoms with van der Waals surface area (Å²) in [6.07, 6.45) is 10.9. The average Bonchev–Trinajstić information content (AvgIpc) is 2.36. The van der Waals surface area contributed by atoms with Crippen molar-refractivity contribution in [3.63, 3.8) is 0 Å². The van der Waals surface area contributed by atoms with Gasteiger partial charge in [-0.1, -0.05) is 85.1 Å². The Morgan fingerprint density at radius 3 is 1.78 bits per heavy atom. The number of hydrogen-bond acceptors (Lipinski definition) is 1. The van der Waals surface area contributed by atoms with Crippen LogP contribution in [0, 0.1) is 5.41 Å². The van der Waals surface area contributed by atoms with Gasteiger partial charge < -0.3 is 5.73 Å². The molecule has 0 spiro atoms. The van der Waals surface area contributed by atoms with E-state index in [4.69, 9.17) is 5.73 Å². The Morgan fingerprint density at radius 2 is 1.67 bits per heavy atom. The maximum atomic E-state index is 5.28. The smallest absolute Gasteiger partial charge is 0.0177 e. The van der Waals surface area contributed by atoms with Crippen LogP contribution in [0.2, 0.25) is 0 Å². The molecule has 0 atom stereocenters. The fourth-order valence-electron chi connectivity index (χ4n) is 0.842. The molecular formula is C17H33N. The highest BCUT2D eigenvalue weighted by atomic mass is 14.5. The largest absolute Gasteiger partial charge is 0.326 e. The van der Waals surface area contributed by atoms with Crippen molar-refractivity contribution in [3.05, 3.63) is 49.1 Å². The van der Waals surface area contributed by atoms with E-state index in [0.717, 1.165) is 12.0 Å². The van der Waals surface area contributed by atoms with Gasteiger partial charge in [0.2, 0.25) is 0 Å². The van der Waals surface area contributed by atoms with E-state index in [1.165, 1.54) is 0 Å². The first kappa shape index (κ1) is 22.1. The van der Waals surface area contributed by atoms with Crippen molar-refractivity contribution in [2.45, 2.75) is 48.0 Å². The zero-order valence-corrected chi connectivity index (χ0v) is 13.3. The van der Waals surface area contributed by atoms with Crippen molar-refractivity contribution in [2.24, 2.45) is 11.1 Å². The maximum absolute atomic E-state index is 5.28. The van der Waals surface area contributed by atoms with Crippen LogP contribution in [-0.4, -0.2) is 6.54 Å². The van der Waals surface area contributed by atoms with Crippen LogP contribution in [0.3, 0.4) is 0 Å². The molecule has 0 aliphatic rings. The Labute approximate surface area is 115 Å². The molecule has 0 saturated carbocycles. The lowest BCUT2D eigenvalue weighted by Crippen LogP contribution is -1.99. The minimum Gasteiger partial charge on any atom is -0.326 e. The van der Waals surface area contributed by atoms with Crippen LogP contribution in [-0.2, 0) is 0 Å². The fourth-order valence-corrected chi connectivity index (χ4v) is 0.842. The van der Waals surface area contributed by atoms with Crippen molar-refractivity contribution in [1.29, 1.82) is 0 Å². The molecule has 0 unspecified atom stereocenters. The van der Waals surface area contributed by atoms with E-state index in [0.29, 0.717) is 12.0 Å². The summed E-state index contributed by atoms with van der Waals surface area (Å²) < 4.78 is 0. The number of rotatable bonds is 4. The minimum atomic E-state index is 0.371. The Balaban J connectivity index is -0.000000219. The molecule has 0 rings (SSSR count). The second-order valence-electron chi connectivity index (χ2n) is 4.56. The third-order valence-electron chi connectivity index (χ3n) is 1.68. The lowest BCUT2D eigenvalue weighted by molar-refractivity contribution is 0.542. The van der Waals surface area contributed by atoms with Gasteiger partial charge in [0.25, 0.3) is 0 Å². The second kappa shape index (κ2) is 15.9. The van der Waals surface area contributed by atoms with E-state index in [2.05, 4.69) is 53.0 Å². The predicted octanol–water partition coefficient (Wildman–Crippen LogP) is 5.27. The zero-order valence-electron chi connectivity index (χ0n) is 13.3. The van der Waals surface area contributed by atoms with Gasteiger partial charge >= 0.3 is 0 Å². The molecule has 0 aliphatic heterocycles. The first-order chi connectivity index (χ1) is 8.41. The Bertz CT molecular complexity index is 239. The fraction of sp³-hybridized carbons (Fsp3) is 0.529. The molecule has 18 heavy (non-hydrogen) atoms. The molecule has 106 valence electrons. The molecular weight excluding hydrogens is 218 g/mol. The van der Waals surface area contributed by atoms with Gasteiger partial charge in [-0.25, -0.2) is 0 Å². The van der Waals surface area contributed by atoms with Crippen LogP contribution >= 0.6 is 0 Å². The van der Waals surface area contributed by atoms with Crippen LogP contribution in [0.25, 0.3) is 0 Å². The molecule has 1 heteroatoms. The van der Waals surface area contributed by atoms with Crippen molar-refractivity contribution >= 4 is 0 Å². The van der Waals surface area contributed by atoms with Gasteiger partial charge in [-0.05, 0) is 17.4 Å². The molecule has 0 bridgehead atoms. The summed E-state index contributed by atoms with van der Waals surface area (Å²) in [6.45, 7) is 20.4. The average molecular weight is 251 g/mol. The molecule has 1 nitrogen and oxygen atoms in total. The molecule has 0 fully saturated rings. The van der Waals surface area contributed by atoms with E-state index >= 15 is 0 Å². The number of allylic oxidation sites excluding steroid dienone is 4. The molecule has 0 aromatic rings. The highest BCUT2D eigenvalue weighted by Gasteiger charge is 2.01. The minimum absolute atomic E-state index is 0.371. The van der Waals surface area contributed by atoms with E-state index in [1.807, 2.05) is 19.9 Å². The zero-order chi connectivity index (χ0) is 15.0. The lowest BCUT2D eigenvalue weighted by Gasteiger charge is -2.10. The third kappa shape index (κ3) is 24.2. The Hall–Kier alpha value is -1.08. The summed E-state index contributed by atoms with van der Waals surface area (Å²) in [5.74, 6) is 0. The van der Waals surface area contributed by atoms with Crippen molar-refractivity contribution in [1.82, 2.24) is 0 Å². The molecule has 0 aromatic heterocycles. The van der Waals surface area contributed by atoms with Crippen LogP contribution in [0.1, 0.15) is 48.0 Å². The predicted molar refractivity (Wildman–Crippen MR) is 87.8 cm³/mol. The SMILES string of the molecule is C=C/C=C(\C=C)CN.CC.CC/C=C/C(C)(C)C. The summed E-state index contributed by atoms with van der Waals surface area (Å²) in [5, 5.41) is 0. The van der Waals surface area contributed by atoms with Gasteiger partial charge in [0.05, 0.1) is 0 Å². The van der Waals surface area contributed by atoms with Gasteiger partial charge in [0.1, 0.15) is 0 Å². The summed E-state index contributed by atoms with van der Waals surface area (Å²) in [4.78, 5) is 0. The van der Waals surface area contributed by atoms with Crippen LogP contribution in [0.15, 0.2) is 49.1 Å². The summed E-state index contributed by atoms with van der Waals surface area (Å²) >= 11 is 0. The molecule has 0 amide bonds. The molecule has 0 aromatic carbocycles. The standard InChI is InChI=1S/C8H16.C7H11N.C2H6/c1-5-6-7-8(2,3)4;1-3-5-7(4-2)6-8;1-2/h6-7H,5H2,1-4H3;3-5H,1-2,6,8H2;1-2H3/b7-6+;7-5+;. The highest BCUT2D eigenvalue weighted by Crippen LogP contribution is 2.14. The Morgan fingerprint density at radius 1 is 1.17 bits per heavy atom. The van der Waals surface area contributed by atoms with Gasteiger partial charge in [0.15, 0.2) is 0 Å². The van der Waals surface area contributed by atoms with E-state index in [-0.39, 0.29) is 0 Å². The van der Waals surface area contributed by atoms with E-state index in [9.17, 15) is 0 Å². The van der Waals surface area contributed by atoms with Gasteiger partial charge in [-0.2, -0.15) is 0 Å². The van der Waals surface area contributed by atoms with Crippen LogP contribution in [0.4, 0.5) is 0 Å². The molecule has 2 N–H and O–H groups in total. The van der Waals surface area contributed by atoms with Gasteiger partial charge in [0, 0.05) is 6.54 Å². The molecule has 0 heterocycles. The van der Waals surface area contributed by atoms with E-state index < -0.39 is 0 Å². The summed E-state index contributed by atoms with van der Waals surface area (Å²) in [7, 11) is 0. The monoisotopic (exact) mass is 251 g/mol. The van der Waals surface area contributed by atoms with Crippen molar-refractivity contribution in [3.8, 4) is 0 Å². The highest BCUT2D eigenvalue weighted by molar-refractivity contribution is 5.21. The second-order valence-corrected chi connectivity index (χ2v) is 4.56.